The number of hydrogen-bond acceptors (Lipinski definition) is 4. The molecule has 4 nitrogen and oxygen atoms in total. The van der Waals surface area contributed by atoms with Crippen molar-refractivity contribution in [2.75, 3.05) is 13.7 Å². The van der Waals surface area contributed by atoms with Gasteiger partial charge in [-0.25, -0.2) is 0 Å². The molecule has 1 heterocycles. The number of carbonyl (C=O) groups excluding carboxylic acids is 2. The van der Waals surface area contributed by atoms with Crippen molar-refractivity contribution in [1.29, 1.82) is 0 Å². The zero-order valence-corrected chi connectivity index (χ0v) is 12.5. The van der Waals surface area contributed by atoms with Crippen molar-refractivity contribution in [1.82, 2.24) is 4.90 Å². The standard InChI is InChI=1S/C14H21NO3S/c1-4-18-14(17)8-7-13(16)15(3)11(2)10-12-6-5-9-19-12/h5-6,9,11H,4,7-8,10H2,1-3H3. The van der Waals surface area contributed by atoms with E-state index >= 15 is 0 Å². The van der Waals surface area contributed by atoms with Crippen LogP contribution in [0.5, 0.6) is 0 Å². The summed E-state index contributed by atoms with van der Waals surface area (Å²) in [5, 5.41) is 2.03. The number of thiophene rings is 1. The maximum Gasteiger partial charge on any atom is 0.306 e. The Bertz CT molecular complexity index is 403. The maximum atomic E-state index is 11.9. The maximum absolute atomic E-state index is 11.9. The third-order valence-corrected chi connectivity index (χ3v) is 3.88. The molecule has 0 fully saturated rings. The van der Waals surface area contributed by atoms with Crippen LogP contribution < -0.4 is 0 Å². The minimum atomic E-state index is -0.310. The molecule has 1 unspecified atom stereocenters. The zero-order valence-electron chi connectivity index (χ0n) is 11.7. The number of likely N-dealkylation sites (N-methyl/N-ethyl adjacent to an activating group) is 1. The van der Waals surface area contributed by atoms with E-state index in [2.05, 4.69) is 6.07 Å². The summed E-state index contributed by atoms with van der Waals surface area (Å²) in [4.78, 5) is 26.1. The van der Waals surface area contributed by atoms with Gasteiger partial charge in [-0.3, -0.25) is 9.59 Å². The second-order valence-corrected chi connectivity index (χ2v) is 5.47. The molecule has 0 aliphatic heterocycles. The first-order valence-electron chi connectivity index (χ1n) is 6.48. The van der Waals surface area contributed by atoms with Gasteiger partial charge in [0.05, 0.1) is 13.0 Å². The van der Waals surface area contributed by atoms with E-state index in [1.807, 2.05) is 18.4 Å². The van der Waals surface area contributed by atoms with Gasteiger partial charge in [0, 0.05) is 30.8 Å². The van der Waals surface area contributed by atoms with Gasteiger partial charge in [-0.15, -0.1) is 11.3 Å². The summed E-state index contributed by atoms with van der Waals surface area (Å²) in [6.07, 6.45) is 1.21. The lowest BCUT2D eigenvalue weighted by atomic mass is 10.1. The molecule has 0 spiro atoms. The molecule has 1 rings (SSSR count). The lowest BCUT2D eigenvalue weighted by Gasteiger charge is -2.24. The number of ether oxygens (including phenoxy) is 1. The van der Waals surface area contributed by atoms with Gasteiger partial charge in [0.2, 0.25) is 5.91 Å². The second-order valence-electron chi connectivity index (χ2n) is 4.44. The predicted molar refractivity (Wildman–Crippen MR) is 76.1 cm³/mol. The van der Waals surface area contributed by atoms with Crippen LogP contribution in [-0.2, 0) is 20.7 Å². The summed E-state index contributed by atoms with van der Waals surface area (Å²) in [7, 11) is 1.78. The molecule has 0 saturated heterocycles. The highest BCUT2D eigenvalue weighted by atomic mass is 32.1. The normalized spacial score (nSPS) is 11.9. The highest BCUT2D eigenvalue weighted by molar-refractivity contribution is 7.09. The number of nitrogens with zero attached hydrogens (tertiary/aromatic N) is 1. The van der Waals surface area contributed by atoms with Crippen molar-refractivity contribution in [2.24, 2.45) is 0 Å². The van der Waals surface area contributed by atoms with Crippen molar-refractivity contribution in [3.05, 3.63) is 22.4 Å². The van der Waals surface area contributed by atoms with Crippen LogP contribution in [0.2, 0.25) is 0 Å². The van der Waals surface area contributed by atoms with E-state index in [1.165, 1.54) is 4.88 Å². The van der Waals surface area contributed by atoms with Gasteiger partial charge in [0.15, 0.2) is 0 Å². The molecule has 0 aliphatic carbocycles. The van der Waals surface area contributed by atoms with E-state index in [4.69, 9.17) is 4.74 Å². The Balaban J connectivity index is 2.36. The van der Waals surface area contributed by atoms with Gasteiger partial charge in [-0.1, -0.05) is 6.07 Å². The molecule has 0 aromatic carbocycles. The predicted octanol–water partition coefficient (Wildman–Crippen LogP) is 2.48. The van der Waals surface area contributed by atoms with Gasteiger partial charge in [-0.2, -0.15) is 0 Å². The van der Waals surface area contributed by atoms with Gasteiger partial charge in [-0.05, 0) is 25.3 Å². The monoisotopic (exact) mass is 283 g/mol. The van der Waals surface area contributed by atoms with Crippen LogP contribution in [0.1, 0.15) is 31.6 Å². The SMILES string of the molecule is CCOC(=O)CCC(=O)N(C)C(C)Cc1cccs1. The van der Waals surface area contributed by atoms with Gasteiger partial charge >= 0.3 is 5.97 Å². The summed E-state index contributed by atoms with van der Waals surface area (Å²) < 4.78 is 4.81. The Hall–Kier alpha value is -1.36. The Labute approximate surface area is 118 Å². The fourth-order valence-corrected chi connectivity index (χ4v) is 2.55. The number of rotatable bonds is 7. The van der Waals surface area contributed by atoms with Crippen molar-refractivity contribution in [3.63, 3.8) is 0 Å². The molecule has 5 heteroatoms. The average molecular weight is 283 g/mol. The van der Waals surface area contributed by atoms with Crippen LogP contribution >= 0.6 is 11.3 Å². The van der Waals surface area contributed by atoms with Gasteiger partial charge in [0.25, 0.3) is 0 Å². The third kappa shape index (κ3) is 5.42. The fourth-order valence-electron chi connectivity index (χ4n) is 1.72. The molecule has 19 heavy (non-hydrogen) atoms. The molecule has 1 aromatic rings. The second kappa shape index (κ2) is 7.94. The van der Waals surface area contributed by atoms with E-state index in [1.54, 1.807) is 30.2 Å². The first kappa shape index (κ1) is 15.7. The average Bonchev–Trinajstić information content (AvgIpc) is 2.88. The van der Waals surface area contributed by atoms with E-state index in [0.717, 1.165) is 6.42 Å². The third-order valence-electron chi connectivity index (χ3n) is 2.98. The van der Waals surface area contributed by atoms with Crippen molar-refractivity contribution < 1.29 is 14.3 Å². The summed E-state index contributed by atoms with van der Waals surface area (Å²) in [6.45, 7) is 4.13. The first-order chi connectivity index (χ1) is 9.04. The van der Waals surface area contributed by atoms with Crippen LogP contribution in [0.25, 0.3) is 0 Å². The summed E-state index contributed by atoms with van der Waals surface area (Å²) in [5.41, 5.74) is 0. The minimum Gasteiger partial charge on any atom is -0.466 e. The van der Waals surface area contributed by atoms with Crippen molar-refractivity contribution in [3.8, 4) is 0 Å². The molecule has 0 radical (unpaired) electrons. The minimum absolute atomic E-state index is 0.0166. The van der Waals surface area contributed by atoms with Gasteiger partial charge in [0.1, 0.15) is 0 Å². The Kier molecular flexibility index (Phi) is 6.56. The molecular formula is C14H21NO3S. The lowest BCUT2D eigenvalue weighted by molar-refractivity contribution is -0.145. The number of hydrogen-bond donors (Lipinski definition) is 0. The van der Waals surface area contributed by atoms with Crippen LogP contribution in [0.15, 0.2) is 17.5 Å². The zero-order chi connectivity index (χ0) is 14.3. The van der Waals surface area contributed by atoms with Crippen molar-refractivity contribution >= 4 is 23.2 Å². The topological polar surface area (TPSA) is 46.6 Å². The summed E-state index contributed by atoms with van der Waals surface area (Å²) in [5.74, 6) is -0.327. The molecule has 1 amide bonds. The van der Waals surface area contributed by atoms with Crippen LogP contribution in [0, 0.1) is 0 Å². The van der Waals surface area contributed by atoms with Crippen LogP contribution in [0.4, 0.5) is 0 Å². The van der Waals surface area contributed by atoms with Crippen LogP contribution in [0.3, 0.4) is 0 Å². The smallest absolute Gasteiger partial charge is 0.306 e. The number of esters is 1. The molecular weight excluding hydrogens is 262 g/mol. The first-order valence-corrected chi connectivity index (χ1v) is 7.36. The number of carbonyl (C=O) groups is 2. The van der Waals surface area contributed by atoms with E-state index in [-0.39, 0.29) is 30.8 Å². The van der Waals surface area contributed by atoms with E-state index in [9.17, 15) is 9.59 Å². The summed E-state index contributed by atoms with van der Waals surface area (Å²) in [6, 6.07) is 4.21. The molecule has 0 aliphatic rings. The van der Waals surface area contributed by atoms with Gasteiger partial charge < -0.3 is 9.64 Å². The Morgan fingerprint density at radius 3 is 2.74 bits per heavy atom. The largest absolute Gasteiger partial charge is 0.466 e. The van der Waals surface area contributed by atoms with E-state index in [0.29, 0.717) is 6.61 Å². The van der Waals surface area contributed by atoms with E-state index < -0.39 is 0 Å². The molecule has 1 atom stereocenters. The Morgan fingerprint density at radius 1 is 1.42 bits per heavy atom. The quantitative estimate of drug-likeness (QED) is 0.722. The molecule has 1 aromatic heterocycles. The van der Waals surface area contributed by atoms with Crippen LogP contribution in [-0.4, -0.2) is 36.5 Å². The molecule has 0 saturated carbocycles. The molecule has 0 bridgehead atoms. The molecule has 106 valence electrons. The fraction of sp³-hybridized carbons (Fsp3) is 0.571. The number of amides is 1. The highest BCUT2D eigenvalue weighted by Gasteiger charge is 2.17. The van der Waals surface area contributed by atoms with Crippen molar-refractivity contribution in [2.45, 2.75) is 39.2 Å². The highest BCUT2D eigenvalue weighted by Crippen LogP contribution is 2.14. The molecule has 0 N–H and O–H groups in total. The lowest BCUT2D eigenvalue weighted by Crippen LogP contribution is -2.36. The summed E-state index contributed by atoms with van der Waals surface area (Å²) >= 11 is 1.69. The Morgan fingerprint density at radius 2 is 2.16 bits per heavy atom.